The molecule has 0 unspecified atom stereocenters. The fraction of sp³-hybridized carbons (Fsp3) is 0. The van der Waals surface area contributed by atoms with E-state index in [0.717, 1.165) is 33.4 Å². The Bertz CT molecular complexity index is 2600. The summed E-state index contributed by atoms with van der Waals surface area (Å²) in [6.45, 7) is 7.31. The number of nitrogens with zero attached hydrogens (tertiary/aromatic N) is 4. The maximum absolute atomic E-state index is 7.31. The molecule has 0 saturated heterocycles. The summed E-state index contributed by atoms with van der Waals surface area (Å²) in [4.78, 5) is 13.5. The summed E-state index contributed by atoms with van der Waals surface area (Å²) in [5.74, 6) is 0.674. The number of aromatic nitrogens is 3. The first-order valence-corrected chi connectivity index (χ1v) is 15.3. The molecule has 0 fully saturated rings. The van der Waals surface area contributed by atoms with E-state index < -0.39 is 0 Å². The first kappa shape index (κ1) is 24.7. The molecular formula is C39H22N4S. The summed E-state index contributed by atoms with van der Waals surface area (Å²) >= 11 is 1.86. The van der Waals surface area contributed by atoms with Gasteiger partial charge in [-0.15, -0.1) is 11.3 Å². The van der Waals surface area contributed by atoms with Crippen LogP contribution in [0, 0.1) is 6.57 Å². The van der Waals surface area contributed by atoms with Crippen molar-refractivity contribution in [3.05, 3.63) is 145 Å². The van der Waals surface area contributed by atoms with Crippen LogP contribution in [0.5, 0.6) is 0 Å². The van der Waals surface area contributed by atoms with Crippen molar-refractivity contribution in [3.63, 3.8) is 0 Å². The molecule has 9 rings (SSSR count). The largest absolute Gasteiger partial charge is 0.309 e. The highest BCUT2D eigenvalue weighted by Crippen LogP contribution is 2.40. The fourth-order valence-corrected chi connectivity index (χ4v) is 7.47. The smallest absolute Gasteiger partial charge is 0.187 e. The van der Waals surface area contributed by atoms with Gasteiger partial charge >= 0.3 is 0 Å². The van der Waals surface area contributed by atoms with E-state index in [0.29, 0.717) is 11.5 Å². The van der Waals surface area contributed by atoms with Gasteiger partial charge in [0.15, 0.2) is 11.5 Å². The molecule has 4 nitrogen and oxygen atoms in total. The summed E-state index contributed by atoms with van der Waals surface area (Å²) in [5, 5.41) is 6.09. The number of rotatable bonds is 3. The van der Waals surface area contributed by atoms with Crippen molar-refractivity contribution in [1.29, 1.82) is 0 Å². The fourth-order valence-electron chi connectivity index (χ4n) is 6.34. The minimum Gasteiger partial charge on any atom is -0.309 e. The third-order valence-electron chi connectivity index (χ3n) is 8.43. The first-order chi connectivity index (χ1) is 21.7. The molecule has 0 bridgehead atoms. The van der Waals surface area contributed by atoms with E-state index in [-0.39, 0.29) is 0 Å². The average Bonchev–Trinajstić information content (AvgIpc) is 3.61. The quantitative estimate of drug-likeness (QED) is 0.196. The predicted octanol–water partition coefficient (Wildman–Crippen LogP) is 11.0. The van der Waals surface area contributed by atoms with Crippen molar-refractivity contribution in [2.45, 2.75) is 0 Å². The van der Waals surface area contributed by atoms with Crippen LogP contribution in [-0.2, 0) is 0 Å². The molecule has 3 aromatic heterocycles. The van der Waals surface area contributed by atoms with Gasteiger partial charge in [-0.25, -0.2) is 14.8 Å². The molecule has 0 amide bonds. The van der Waals surface area contributed by atoms with Crippen LogP contribution in [0.25, 0.3) is 86.1 Å². The van der Waals surface area contributed by atoms with E-state index in [9.17, 15) is 0 Å². The van der Waals surface area contributed by atoms with Crippen molar-refractivity contribution in [2.24, 2.45) is 0 Å². The highest BCUT2D eigenvalue weighted by atomic mass is 32.1. The van der Waals surface area contributed by atoms with E-state index in [1.165, 1.54) is 42.0 Å². The van der Waals surface area contributed by atoms with Crippen molar-refractivity contribution in [3.8, 4) is 28.3 Å². The van der Waals surface area contributed by atoms with Crippen molar-refractivity contribution in [1.82, 2.24) is 14.5 Å². The second-order valence-corrected chi connectivity index (χ2v) is 12.0. The van der Waals surface area contributed by atoms with E-state index in [1.54, 1.807) is 0 Å². The Labute approximate surface area is 256 Å². The van der Waals surface area contributed by atoms with Gasteiger partial charge in [0.25, 0.3) is 0 Å². The molecule has 0 radical (unpaired) electrons. The van der Waals surface area contributed by atoms with Crippen LogP contribution in [0.15, 0.2) is 133 Å². The SMILES string of the molecule is [C-]#[N+]c1ccc(-c2nc(-c3ccc(-n4c5ccccc5c5cc6sc7ccccc7c6cc54)cc3)nc3ccccc23)cc1. The Morgan fingerprint density at radius 1 is 0.545 bits per heavy atom. The van der Waals surface area contributed by atoms with E-state index in [4.69, 9.17) is 16.5 Å². The standard InChI is InChI=1S/C39H22N4S/c1-40-26-18-14-24(15-19-26)38-30-10-2-5-11-33(30)41-39(42-38)25-16-20-27(21-17-25)43-34-12-6-3-8-28(34)31-23-37-32(22-35(31)43)29-9-4-7-13-36(29)44-37/h2-23H. The van der Waals surface area contributed by atoms with Crippen LogP contribution >= 0.6 is 11.3 Å². The number of fused-ring (bicyclic) bond motifs is 7. The van der Waals surface area contributed by atoms with Crippen LogP contribution in [0.3, 0.4) is 0 Å². The molecular weight excluding hydrogens is 557 g/mol. The lowest BCUT2D eigenvalue weighted by Gasteiger charge is -2.11. The molecule has 0 spiro atoms. The summed E-state index contributed by atoms with van der Waals surface area (Å²) in [7, 11) is 0. The maximum Gasteiger partial charge on any atom is 0.187 e. The lowest BCUT2D eigenvalue weighted by molar-refractivity contribution is 1.18. The van der Waals surface area contributed by atoms with Crippen LogP contribution in [0.2, 0.25) is 0 Å². The summed E-state index contributed by atoms with van der Waals surface area (Å²) in [6, 6.07) is 46.3. The van der Waals surface area contributed by atoms with Crippen molar-refractivity contribution in [2.75, 3.05) is 0 Å². The summed E-state index contributed by atoms with van der Waals surface area (Å²) in [5.41, 5.74) is 7.75. The second kappa shape index (κ2) is 9.60. The highest BCUT2D eigenvalue weighted by Gasteiger charge is 2.16. The Kier molecular flexibility index (Phi) is 5.40. The Morgan fingerprint density at radius 2 is 1.25 bits per heavy atom. The van der Waals surface area contributed by atoms with Gasteiger partial charge in [-0.2, -0.15) is 0 Å². The summed E-state index contributed by atoms with van der Waals surface area (Å²) < 4.78 is 4.99. The molecule has 0 aliphatic carbocycles. The number of para-hydroxylation sites is 2. The molecule has 0 N–H and O–H groups in total. The molecule has 9 aromatic rings. The molecule has 0 aliphatic heterocycles. The Hall–Kier alpha value is -5.83. The molecule has 44 heavy (non-hydrogen) atoms. The maximum atomic E-state index is 7.31. The Morgan fingerprint density at radius 3 is 2.07 bits per heavy atom. The van der Waals surface area contributed by atoms with Gasteiger partial charge < -0.3 is 4.57 Å². The van der Waals surface area contributed by atoms with E-state index >= 15 is 0 Å². The zero-order chi connectivity index (χ0) is 29.2. The van der Waals surface area contributed by atoms with Crippen LogP contribution in [-0.4, -0.2) is 14.5 Å². The minimum atomic E-state index is 0.612. The van der Waals surface area contributed by atoms with Gasteiger partial charge in [0, 0.05) is 47.6 Å². The average molecular weight is 579 g/mol. The number of hydrogen-bond donors (Lipinski definition) is 0. The molecule has 0 aliphatic rings. The predicted molar refractivity (Wildman–Crippen MR) is 184 cm³/mol. The lowest BCUT2D eigenvalue weighted by atomic mass is 10.1. The lowest BCUT2D eigenvalue weighted by Crippen LogP contribution is -1.97. The van der Waals surface area contributed by atoms with E-state index in [1.807, 2.05) is 53.8 Å². The molecule has 204 valence electrons. The topological polar surface area (TPSA) is 35.1 Å². The highest BCUT2D eigenvalue weighted by molar-refractivity contribution is 7.25. The van der Waals surface area contributed by atoms with Gasteiger partial charge in [0.2, 0.25) is 0 Å². The monoisotopic (exact) mass is 578 g/mol. The van der Waals surface area contributed by atoms with Crippen molar-refractivity contribution < 1.29 is 0 Å². The molecule has 0 atom stereocenters. The zero-order valence-electron chi connectivity index (χ0n) is 23.4. The third kappa shape index (κ3) is 3.75. The third-order valence-corrected chi connectivity index (χ3v) is 9.56. The zero-order valence-corrected chi connectivity index (χ0v) is 24.2. The molecule has 0 saturated carbocycles. The Balaban J connectivity index is 1.21. The molecule has 6 aromatic carbocycles. The number of thiophene rings is 1. The van der Waals surface area contributed by atoms with Crippen LogP contribution in [0.4, 0.5) is 5.69 Å². The van der Waals surface area contributed by atoms with Gasteiger partial charge in [-0.1, -0.05) is 78.9 Å². The molecule has 3 heterocycles. The van der Waals surface area contributed by atoms with Gasteiger partial charge in [-0.3, -0.25) is 0 Å². The second-order valence-electron chi connectivity index (χ2n) is 10.9. The number of benzene rings is 6. The molecule has 5 heteroatoms. The van der Waals surface area contributed by atoms with Gasteiger partial charge in [0.05, 0.1) is 28.8 Å². The first-order valence-electron chi connectivity index (χ1n) is 14.5. The van der Waals surface area contributed by atoms with Gasteiger partial charge in [0.1, 0.15) is 0 Å². The van der Waals surface area contributed by atoms with Crippen LogP contribution in [0.1, 0.15) is 0 Å². The number of hydrogen-bond acceptors (Lipinski definition) is 3. The normalized spacial score (nSPS) is 11.6. The summed E-state index contributed by atoms with van der Waals surface area (Å²) in [6.07, 6.45) is 0. The van der Waals surface area contributed by atoms with Crippen LogP contribution < -0.4 is 0 Å². The van der Waals surface area contributed by atoms with E-state index in [2.05, 4.69) is 100 Å². The van der Waals surface area contributed by atoms with Crippen molar-refractivity contribution >= 4 is 69.9 Å². The van der Waals surface area contributed by atoms with Gasteiger partial charge in [-0.05, 0) is 60.2 Å². The minimum absolute atomic E-state index is 0.612.